The molecule has 0 aliphatic carbocycles. The molecule has 0 unspecified atom stereocenters. The molecule has 3 heterocycles. The SMILES string of the molecule is CN[C@@H](CC(C)C)C(=O)N1CCC2(CCC(=O)N(CCc3cnc[nH]3)C2)CC1. The minimum Gasteiger partial charge on any atom is -0.348 e. The molecule has 2 aliphatic heterocycles. The van der Waals surface area contributed by atoms with Crippen LogP contribution in [0.3, 0.4) is 0 Å². The van der Waals surface area contributed by atoms with E-state index >= 15 is 0 Å². The van der Waals surface area contributed by atoms with Crippen LogP contribution in [-0.4, -0.2) is 70.9 Å². The molecular weight excluding hydrogens is 354 g/mol. The quantitative estimate of drug-likeness (QED) is 0.745. The van der Waals surface area contributed by atoms with E-state index in [1.165, 1.54) is 0 Å². The first-order valence-corrected chi connectivity index (χ1v) is 10.6. The van der Waals surface area contributed by atoms with Gasteiger partial charge in [-0.25, -0.2) is 4.98 Å². The highest BCUT2D eigenvalue weighted by atomic mass is 16.2. The van der Waals surface area contributed by atoms with Crippen LogP contribution in [-0.2, 0) is 16.0 Å². The zero-order valence-corrected chi connectivity index (χ0v) is 17.5. The van der Waals surface area contributed by atoms with Crippen LogP contribution in [0.25, 0.3) is 0 Å². The van der Waals surface area contributed by atoms with Crippen LogP contribution in [0.5, 0.6) is 0 Å². The average Bonchev–Trinajstić information content (AvgIpc) is 3.20. The average molecular weight is 390 g/mol. The Morgan fingerprint density at radius 3 is 2.68 bits per heavy atom. The number of piperidine rings is 2. The minimum atomic E-state index is -0.0899. The van der Waals surface area contributed by atoms with Crippen molar-refractivity contribution in [1.29, 1.82) is 0 Å². The monoisotopic (exact) mass is 389 g/mol. The predicted octanol–water partition coefficient (Wildman–Crippen LogP) is 1.82. The molecule has 1 aromatic rings. The third-order valence-electron chi connectivity index (χ3n) is 6.44. The smallest absolute Gasteiger partial charge is 0.239 e. The number of rotatable bonds is 7. The summed E-state index contributed by atoms with van der Waals surface area (Å²) in [7, 11) is 1.88. The Hall–Kier alpha value is -1.89. The molecular formula is C21H35N5O2. The van der Waals surface area contributed by atoms with Gasteiger partial charge in [0.1, 0.15) is 0 Å². The Labute approximate surface area is 168 Å². The van der Waals surface area contributed by atoms with Gasteiger partial charge in [-0.3, -0.25) is 9.59 Å². The van der Waals surface area contributed by atoms with Gasteiger partial charge < -0.3 is 20.1 Å². The molecule has 1 aromatic heterocycles. The second-order valence-electron chi connectivity index (χ2n) is 8.94. The fraction of sp³-hybridized carbons (Fsp3) is 0.762. The maximum atomic E-state index is 12.9. The highest BCUT2D eigenvalue weighted by Crippen LogP contribution is 2.40. The Balaban J connectivity index is 1.54. The molecule has 0 aromatic carbocycles. The topological polar surface area (TPSA) is 81.3 Å². The molecule has 28 heavy (non-hydrogen) atoms. The maximum Gasteiger partial charge on any atom is 0.239 e. The van der Waals surface area contributed by atoms with Crippen LogP contribution in [0.4, 0.5) is 0 Å². The Morgan fingerprint density at radius 1 is 1.32 bits per heavy atom. The lowest BCUT2D eigenvalue weighted by Gasteiger charge is -2.48. The van der Waals surface area contributed by atoms with Crippen molar-refractivity contribution in [3.05, 3.63) is 18.2 Å². The largest absolute Gasteiger partial charge is 0.348 e. The summed E-state index contributed by atoms with van der Waals surface area (Å²) in [5.41, 5.74) is 1.24. The number of aromatic amines is 1. The van der Waals surface area contributed by atoms with Crippen LogP contribution < -0.4 is 5.32 Å². The van der Waals surface area contributed by atoms with Crippen molar-refractivity contribution in [2.45, 2.75) is 58.4 Å². The minimum absolute atomic E-state index is 0.0899. The highest BCUT2D eigenvalue weighted by Gasteiger charge is 2.42. The lowest BCUT2D eigenvalue weighted by atomic mass is 9.72. The first-order valence-electron chi connectivity index (χ1n) is 10.6. The second kappa shape index (κ2) is 9.07. The number of carbonyl (C=O) groups excluding carboxylic acids is 2. The number of likely N-dealkylation sites (tertiary alicyclic amines) is 2. The summed E-state index contributed by atoms with van der Waals surface area (Å²) in [6.45, 7) is 7.47. The lowest BCUT2D eigenvalue weighted by Crippen LogP contribution is -2.55. The number of imidazole rings is 1. The molecule has 7 nitrogen and oxygen atoms in total. The van der Waals surface area contributed by atoms with Crippen molar-refractivity contribution in [2.24, 2.45) is 11.3 Å². The maximum absolute atomic E-state index is 12.9. The van der Waals surface area contributed by atoms with Crippen molar-refractivity contribution in [2.75, 3.05) is 33.2 Å². The van der Waals surface area contributed by atoms with E-state index in [4.69, 9.17) is 0 Å². The van der Waals surface area contributed by atoms with Crippen LogP contribution in [0.1, 0.15) is 51.6 Å². The van der Waals surface area contributed by atoms with Crippen LogP contribution in [0.15, 0.2) is 12.5 Å². The van der Waals surface area contributed by atoms with Crippen LogP contribution >= 0.6 is 0 Å². The number of nitrogens with one attached hydrogen (secondary N) is 2. The number of aromatic nitrogens is 2. The van der Waals surface area contributed by atoms with Crippen molar-refractivity contribution in [1.82, 2.24) is 25.1 Å². The third-order valence-corrected chi connectivity index (χ3v) is 6.44. The van der Waals surface area contributed by atoms with Gasteiger partial charge >= 0.3 is 0 Å². The van der Waals surface area contributed by atoms with Gasteiger partial charge in [0.15, 0.2) is 0 Å². The molecule has 2 aliphatic rings. The Morgan fingerprint density at radius 2 is 2.07 bits per heavy atom. The molecule has 0 saturated carbocycles. The molecule has 1 spiro atoms. The van der Waals surface area contributed by atoms with E-state index in [2.05, 4.69) is 29.1 Å². The van der Waals surface area contributed by atoms with Crippen molar-refractivity contribution in [3.8, 4) is 0 Å². The third kappa shape index (κ3) is 4.93. The van der Waals surface area contributed by atoms with Gasteiger partial charge in [0.25, 0.3) is 0 Å². The molecule has 2 saturated heterocycles. The molecule has 2 N–H and O–H groups in total. The Bertz CT molecular complexity index is 650. The van der Waals surface area contributed by atoms with E-state index < -0.39 is 0 Å². The normalized spacial score (nSPS) is 20.8. The summed E-state index contributed by atoms with van der Waals surface area (Å²) in [6, 6.07) is -0.0899. The zero-order valence-electron chi connectivity index (χ0n) is 17.5. The molecule has 7 heteroatoms. The van der Waals surface area contributed by atoms with Gasteiger partial charge in [-0.2, -0.15) is 0 Å². The first kappa shape index (κ1) is 20.8. The van der Waals surface area contributed by atoms with Gasteiger partial charge in [0.2, 0.25) is 11.8 Å². The molecule has 1 atom stereocenters. The van der Waals surface area contributed by atoms with E-state index in [9.17, 15) is 9.59 Å². The number of hydrogen-bond acceptors (Lipinski definition) is 4. The number of carbonyl (C=O) groups is 2. The number of hydrogen-bond donors (Lipinski definition) is 2. The van der Waals surface area contributed by atoms with Crippen molar-refractivity contribution >= 4 is 11.8 Å². The van der Waals surface area contributed by atoms with E-state index in [1.807, 2.05) is 23.0 Å². The summed E-state index contributed by atoms with van der Waals surface area (Å²) in [4.78, 5) is 36.5. The molecule has 0 radical (unpaired) electrons. The van der Waals surface area contributed by atoms with E-state index in [0.29, 0.717) is 12.3 Å². The van der Waals surface area contributed by atoms with Crippen LogP contribution in [0.2, 0.25) is 0 Å². The fourth-order valence-corrected chi connectivity index (χ4v) is 4.63. The van der Waals surface area contributed by atoms with Crippen LogP contribution in [0, 0.1) is 11.3 Å². The fourth-order valence-electron chi connectivity index (χ4n) is 4.63. The second-order valence-corrected chi connectivity index (χ2v) is 8.94. The summed E-state index contributed by atoms with van der Waals surface area (Å²) < 4.78 is 0. The number of H-pyrrole nitrogens is 1. The Kier molecular flexibility index (Phi) is 6.75. The molecule has 2 fully saturated rings. The van der Waals surface area contributed by atoms with Gasteiger partial charge in [0.05, 0.1) is 12.4 Å². The number of amides is 2. The lowest BCUT2D eigenvalue weighted by molar-refractivity contribution is -0.143. The summed E-state index contributed by atoms with van der Waals surface area (Å²) in [6.07, 6.45) is 8.75. The number of likely N-dealkylation sites (N-methyl/N-ethyl adjacent to an activating group) is 1. The van der Waals surface area contributed by atoms with E-state index in [0.717, 1.165) is 64.0 Å². The first-order chi connectivity index (χ1) is 13.4. The summed E-state index contributed by atoms with van der Waals surface area (Å²) >= 11 is 0. The molecule has 156 valence electrons. The standard InChI is InChI=1S/C21H35N5O2/c1-16(2)12-18(22-3)20(28)25-10-7-21(8-11-25)6-4-19(27)26(14-21)9-5-17-13-23-15-24-17/h13,15-16,18,22H,4-12,14H2,1-3H3,(H,23,24)/t18-/m0/s1. The number of nitrogens with zero attached hydrogens (tertiary/aromatic N) is 3. The summed E-state index contributed by atoms with van der Waals surface area (Å²) in [5.74, 6) is 0.982. The van der Waals surface area contributed by atoms with Gasteiger partial charge in [0, 0.05) is 50.9 Å². The van der Waals surface area contributed by atoms with Crippen molar-refractivity contribution < 1.29 is 9.59 Å². The van der Waals surface area contributed by atoms with Gasteiger partial charge in [-0.1, -0.05) is 13.8 Å². The molecule has 2 amide bonds. The zero-order chi connectivity index (χ0) is 20.1. The molecule has 3 rings (SSSR count). The van der Waals surface area contributed by atoms with E-state index in [1.54, 1.807) is 6.33 Å². The summed E-state index contributed by atoms with van der Waals surface area (Å²) in [5, 5.41) is 3.19. The van der Waals surface area contributed by atoms with Gasteiger partial charge in [-0.15, -0.1) is 0 Å². The molecule has 0 bridgehead atoms. The van der Waals surface area contributed by atoms with E-state index in [-0.39, 0.29) is 23.3 Å². The predicted molar refractivity (Wildman–Crippen MR) is 109 cm³/mol. The highest BCUT2D eigenvalue weighted by molar-refractivity contribution is 5.82. The van der Waals surface area contributed by atoms with Gasteiger partial charge in [-0.05, 0) is 44.1 Å². The van der Waals surface area contributed by atoms with Crippen molar-refractivity contribution in [3.63, 3.8) is 0 Å².